The number of imidazole rings is 1. The summed E-state index contributed by atoms with van der Waals surface area (Å²) in [5, 5.41) is 5.42. The van der Waals surface area contributed by atoms with Crippen molar-refractivity contribution >= 4 is 53.8 Å². The third-order valence-corrected chi connectivity index (χ3v) is 8.08. The molecule has 31 heavy (non-hydrogen) atoms. The average Bonchev–Trinajstić information content (AvgIpc) is 3.50. The quantitative estimate of drug-likeness (QED) is 0.407. The third-order valence-electron chi connectivity index (χ3n) is 5.66. The molecule has 5 aromatic rings. The smallest absolute Gasteiger partial charge is 0.253 e. The fraction of sp³-hybridized carbons (Fsp3) is 0.190. The first-order valence-electron chi connectivity index (χ1n) is 9.94. The molecule has 0 bridgehead atoms. The largest absolute Gasteiger partial charge is 0.338 e. The molecule has 1 saturated heterocycles. The number of aromatic amines is 1. The molecule has 0 saturated carbocycles. The molecule has 0 atom stereocenters. The van der Waals surface area contributed by atoms with Gasteiger partial charge in [-0.15, -0.1) is 0 Å². The van der Waals surface area contributed by atoms with Crippen molar-refractivity contribution in [3.05, 3.63) is 53.1 Å². The van der Waals surface area contributed by atoms with Gasteiger partial charge in [0, 0.05) is 34.0 Å². The minimum atomic E-state index is -3.51. The molecule has 4 heterocycles. The number of nitrogens with one attached hydrogen (secondary N) is 1. The number of sulfonamides is 1. The van der Waals surface area contributed by atoms with Crippen molar-refractivity contribution in [3.63, 3.8) is 0 Å². The Kier molecular flexibility index (Phi) is 4.17. The van der Waals surface area contributed by atoms with E-state index in [2.05, 4.69) is 30.9 Å². The lowest BCUT2D eigenvalue weighted by Gasteiger charge is -2.15. The molecule has 2 aromatic carbocycles. The highest BCUT2D eigenvalue weighted by Crippen LogP contribution is 2.29. The van der Waals surface area contributed by atoms with Crippen LogP contribution in [0.3, 0.4) is 0 Å². The summed E-state index contributed by atoms with van der Waals surface area (Å²) >= 11 is 3.44. The molecule has 0 amide bonds. The predicted molar refractivity (Wildman–Crippen MR) is 121 cm³/mol. The zero-order chi connectivity index (χ0) is 21.2. The standard InChI is InChI=1S/C21H17BrN6O2S/c22-14-5-3-13(4-6-14)18-12-28-21(24-18)25-20-19(26-28)16-11-15(7-8-17(16)23-20)31(29,30)27-9-1-2-10-27/h3-8,11-12H,1-2,9-10H2,(H,23,24,25). The lowest BCUT2D eigenvalue weighted by atomic mass is 10.2. The van der Waals surface area contributed by atoms with Crippen LogP contribution in [0.2, 0.25) is 0 Å². The van der Waals surface area contributed by atoms with Gasteiger partial charge in [-0.1, -0.05) is 28.1 Å². The molecule has 1 aliphatic heterocycles. The predicted octanol–water partition coefficient (Wildman–Crippen LogP) is 3.97. The Bertz CT molecular complexity index is 1570. The summed E-state index contributed by atoms with van der Waals surface area (Å²) < 4.78 is 30.2. The number of halogens is 1. The second-order valence-electron chi connectivity index (χ2n) is 7.63. The van der Waals surface area contributed by atoms with E-state index in [1.54, 1.807) is 27.0 Å². The molecule has 10 heteroatoms. The van der Waals surface area contributed by atoms with Gasteiger partial charge < -0.3 is 4.98 Å². The number of hydrogen-bond donors (Lipinski definition) is 1. The Morgan fingerprint density at radius 3 is 2.55 bits per heavy atom. The summed E-state index contributed by atoms with van der Waals surface area (Å²) in [5.41, 5.74) is 3.70. The van der Waals surface area contributed by atoms with Crippen molar-refractivity contribution in [2.45, 2.75) is 17.7 Å². The van der Waals surface area contributed by atoms with Crippen molar-refractivity contribution in [3.8, 4) is 11.3 Å². The van der Waals surface area contributed by atoms with Crippen molar-refractivity contribution < 1.29 is 8.42 Å². The van der Waals surface area contributed by atoms with E-state index >= 15 is 0 Å². The SMILES string of the molecule is O=S(=O)(c1ccc2[nH]c3nc4nc(-c5ccc(Br)cc5)cn4nc3c2c1)N1CCCC1. The van der Waals surface area contributed by atoms with Crippen LogP contribution in [0.5, 0.6) is 0 Å². The molecule has 3 aromatic heterocycles. The Labute approximate surface area is 186 Å². The van der Waals surface area contributed by atoms with E-state index in [-0.39, 0.29) is 4.90 Å². The van der Waals surface area contributed by atoms with Gasteiger partial charge in [-0.3, -0.25) is 0 Å². The number of benzene rings is 2. The van der Waals surface area contributed by atoms with Crippen molar-refractivity contribution in [1.82, 2.24) is 28.9 Å². The minimum absolute atomic E-state index is 0.283. The Morgan fingerprint density at radius 2 is 1.77 bits per heavy atom. The fourth-order valence-electron chi connectivity index (χ4n) is 4.04. The monoisotopic (exact) mass is 496 g/mol. The van der Waals surface area contributed by atoms with Crippen LogP contribution < -0.4 is 0 Å². The van der Waals surface area contributed by atoms with Crippen LogP contribution in [0.4, 0.5) is 0 Å². The van der Waals surface area contributed by atoms with E-state index in [9.17, 15) is 8.42 Å². The van der Waals surface area contributed by atoms with Crippen LogP contribution in [0.25, 0.3) is 39.1 Å². The molecule has 0 unspecified atom stereocenters. The molecule has 156 valence electrons. The topological polar surface area (TPSA) is 96.2 Å². The minimum Gasteiger partial charge on any atom is -0.338 e. The first kappa shape index (κ1) is 18.9. The number of H-pyrrole nitrogens is 1. The van der Waals surface area contributed by atoms with Gasteiger partial charge in [-0.05, 0) is 43.2 Å². The van der Waals surface area contributed by atoms with Gasteiger partial charge in [0.25, 0.3) is 5.78 Å². The number of fused-ring (bicyclic) bond motifs is 4. The zero-order valence-corrected chi connectivity index (χ0v) is 18.7. The van der Waals surface area contributed by atoms with E-state index in [4.69, 9.17) is 5.10 Å². The third kappa shape index (κ3) is 3.05. The highest BCUT2D eigenvalue weighted by Gasteiger charge is 2.27. The fourth-order valence-corrected chi connectivity index (χ4v) is 5.85. The van der Waals surface area contributed by atoms with Gasteiger partial charge in [0.2, 0.25) is 10.0 Å². The van der Waals surface area contributed by atoms with Crippen molar-refractivity contribution in [1.29, 1.82) is 0 Å². The van der Waals surface area contributed by atoms with E-state index in [1.807, 2.05) is 30.5 Å². The molecule has 1 aliphatic rings. The van der Waals surface area contributed by atoms with Crippen molar-refractivity contribution in [2.75, 3.05) is 13.1 Å². The maximum atomic E-state index is 13.0. The number of aromatic nitrogens is 5. The second-order valence-corrected chi connectivity index (χ2v) is 10.5. The highest BCUT2D eigenvalue weighted by molar-refractivity contribution is 9.10. The second kappa shape index (κ2) is 6.84. The Morgan fingerprint density at radius 1 is 1.00 bits per heavy atom. The summed E-state index contributed by atoms with van der Waals surface area (Å²) in [6, 6.07) is 13.0. The molecule has 1 N–H and O–H groups in total. The van der Waals surface area contributed by atoms with Gasteiger partial charge in [-0.2, -0.15) is 14.4 Å². The molecule has 6 rings (SSSR count). The van der Waals surface area contributed by atoms with Crippen LogP contribution in [-0.4, -0.2) is 50.4 Å². The molecule has 1 fully saturated rings. The Balaban J connectivity index is 1.50. The van der Waals surface area contributed by atoms with Crippen LogP contribution in [0.1, 0.15) is 12.8 Å². The van der Waals surface area contributed by atoms with E-state index in [0.717, 1.165) is 39.5 Å². The first-order valence-corrected chi connectivity index (χ1v) is 12.2. The summed E-state index contributed by atoms with van der Waals surface area (Å²) in [6.45, 7) is 1.14. The number of nitrogens with zero attached hydrogens (tertiary/aromatic N) is 5. The summed E-state index contributed by atoms with van der Waals surface area (Å²) in [6.07, 6.45) is 3.63. The number of rotatable bonds is 3. The summed E-state index contributed by atoms with van der Waals surface area (Å²) in [7, 11) is -3.51. The van der Waals surface area contributed by atoms with Crippen molar-refractivity contribution in [2.24, 2.45) is 0 Å². The average molecular weight is 497 g/mol. The van der Waals surface area contributed by atoms with Gasteiger partial charge in [0.1, 0.15) is 5.52 Å². The lowest BCUT2D eigenvalue weighted by Crippen LogP contribution is -2.27. The first-order chi connectivity index (χ1) is 15.0. The normalized spacial score (nSPS) is 15.5. The van der Waals surface area contributed by atoms with Gasteiger partial charge in [0.15, 0.2) is 5.65 Å². The van der Waals surface area contributed by atoms with E-state index < -0.39 is 10.0 Å². The highest BCUT2D eigenvalue weighted by atomic mass is 79.9. The van der Waals surface area contributed by atoms with Gasteiger partial charge in [-0.25, -0.2) is 17.9 Å². The molecular formula is C21H17BrN6O2S. The molecule has 0 aliphatic carbocycles. The Hall–Kier alpha value is -2.82. The van der Waals surface area contributed by atoms with Crippen LogP contribution in [-0.2, 0) is 10.0 Å². The molecular weight excluding hydrogens is 480 g/mol. The number of hydrogen-bond acceptors (Lipinski definition) is 5. The van der Waals surface area contributed by atoms with Gasteiger partial charge >= 0.3 is 0 Å². The lowest BCUT2D eigenvalue weighted by molar-refractivity contribution is 0.477. The zero-order valence-electron chi connectivity index (χ0n) is 16.3. The maximum Gasteiger partial charge on any atom is 0.253 e. The van der Waals surface area contributed by atoms with Gasteiger partial charge in [0.05, 0.1) is 16.8 Å². The maximum absolute atomic E-state index is 13.0. The van der Waals surface area contributed by atoms with E-state index in [1.165, 1.54) is 0 Å². The van der Waals surface area contributed by atoms with Crippen LogP contribution in [0.15, 0.2) is 58.0 Å². The van der Waals surface area contributed by atoms with E-state index in [0.29, 0.717) is 30.0 Å². The molecule has 0 spiro atoms. The van der Waals surface area contributed by atoms with Crippen LogP contribution in [0, 0.1) is 0 Å². The van der Waals surface area contributed by atoms with Crippen LogP contribution >= 0.6 is 15.9 Å². The molecule has 8 nitrogen and oxygen atoms in total. The summed E-state index contributed by atoms with van der Waals surface area (Å²) in [4.78, 5) is 12.7. The summed E-state index contributed by atoms with van der Waals surface area (Å²) in [5.74, 6) is 0.474. The molecule has 0 radical (unpaired) electrons.